The van der Waals surface area contributed by atoms with E-state index in [0.717, 1.165) is 24.0 Å². The number of carbonyl (C=O) groups excluding carboxylic acids is 1. The highest BCUT2D eigenvalue weighted by atomic mass is 16.2. The molecule has 2 N–H and O–H groups in total. The fourth-order valence-electron chi connectivity index (χ4n) is 3.21. The van der Waals surface area contributed by atoms with E-state index in [2.05, 4.69) is 28.7 Å². The Kier molecular flexibility index (Phi) is 5.37. The lowest BCUT2D eigenvalue weighted by Gasteiger charge is -2.15. The fourth-order valence-corrected chi connectivity index (χ4v) is 3.21. The molecule has 0 bridgehead atoms. The topological polar surface area (TPSA) is 45.9 Å². The molecule has 2 aromatic rings. The molecule has 1 aliphatic heterocycles. The summed E-state index contributed by atoms with van der Waals surface area (Å²) in [5.74, 6) is -0.00149. The van der Waals surface area contributed by atoms with Crippen LogP contribution in [-0.4, -0.2) is 31.8 Å². The SMILES string of the molecule is O=C(C[NH+]1CCCCCC1)N/N=C\c1cccc2ccccc12. The smallest absolute Gasteiger partial charge is 0.295 e. The van der Waals surface area contributed by atoms with E-state index in [1.807, 2.05) is 24.3 Å². The normalized spacial score (nSPS) is 16.5. The zero-order valence-corrected chi connectivity index (χ0v) is 13.4. The second kappa shape index (κ2) is 7.88. The maximum Gasteiger partial charge on any atom is 0.295 e. The minimum Gasteiger partial charge on any atom is -0.327 e. The first-order valence-electron chi connectivity index (χ1n) is 8.46. The molecule has 1 aliphatic rings. The van der Waals surface area contributed by atoms with Crippen LogP contribution in [0.25, 0.3) is 10.8 Å². The molecule has 4 nitrogen and oxygen atoms in total. The number of benzene rings is 2. The third-order valence-corrected chi connectivity index (χ3v) is 4.44. The van der Waals surface area contributed by atoms with Crippen molar-refractivity contribution in [3.8, 4) is 0 Å². The molecule has 1 saturated heterocycles. The second-order valence-corrected chi connectivity index (χ2v) is 6.20. The number of rotatable bonds is 4. The number of hydrogen-bond acceptors (Lipinski definition) is 2. The summed E-state index contributed by atoms with van der Waals surface area (Å²) in [5.41, 5.74) is 3.69. The fraction of sp³-hybridized carbons (Fsp3) is 0.368. The Labute approximate surface area is 137 Å². The van der Waals surface area contributed by atoms with Crippen molar-refractivity contribution < 1.29 is 9.69 Å². The van der Waals surface area contributed by atoms with Crippen LogP contribution in [0.3, 0.4) is 0 Å². The average molecular weight is 310 g/mol. The Balaban J connectivity index is 1.58. The summed E-state index contributed by atoms with van der Waals surface area (Å²) < 4.78 is 0. The van der Waals surface area contributed by atoms with Crippen LogP contribution in [0.1, 0.15) is 31.2 Å². The molecule has 0 spiro atoms. The van der Waals surface area contributed by atoms with Crippen molar-refractivity contribution in [2.24, 2.45) is 5.10 Å². The van der Waals surface area contributed by atoms with Crippen LogP contribution < -0.4 is 10.3 Å². The summed E-state index contributed by atoms with van der Waals surface area (Å²) in [6.45, 7) is 2.72. The number of fused-ring (bicyclic) bond motifs is 1. The summed E-state index contributed by atoms with van der Waals surface area (Å²) in [5, 5.41) is 6.46. The van der Waals surface area contributed by atoms with Crippen LogP contribution in [0, 0.1) is 0 Å². The van der Waals surface area contributed by atoms with E-state index in [-0.39, 0.29) is 5.91 Å². The van der Waals surface area contributed by atoms with E-state index in [4.69, 9.17) is 0 Å². The molecule has 0 unspecified atom stereocenters. The van der Waals surface area contributed by atoms with Crippen molar-refractivity contribution in [3.63, 3.8) is 0 Å². The zero-order chi connectivity index (χ0) is 15.9. The Hall–Kier alpha value is -2.20. The van der Waals surface area contributed by atoms with Crippen molar-refractivity contribution in [2.75, 3.05) is 19.6 Å². The minimum atomic E-state index is -0.00149. The van der Waals surface area contributed by atoms with Gasteiger partial charge in [-0.3, -0.25) is 4.79 Å². The Bertz CT molecular complexity index is 683. The van der Waals surface area contributed by atoms with Gasteiger partial charge in [0.15, 0.2) is 6.54 Å². The molecule has 1 fully saturated rings. The number of hydrazone groups is 1. The summed E-state index contributed by atoms with van der Waals surface area (Å²) >= 11 is 0. The quantitative estimate of drug-likeness (QED) is 0.656. The highest BCUT2D eigenvalue weighted by Crippen LogP contribution is 2.16. The lowest BCUT2D eigenvalue weighted by atomic mass is 10.1. The van der Waals surface area contributed by atoms with Crippen molar-refractivity contribution in [1.82, 2.24) is 5.43 Å². The maximum atomic E-state index is 12.0. The monoisotopic (exact) mass is 310 g/mol. The first-order valence-corrected chi connectivity index (χ1v) is 8.46. The molecule has 1 heterocycles. The highest BCUT2D eigenvalue weighted by Gasteiger charge is 2.15. The van der Waals surface area contributed by atoms with Crippen LogP contribution in [0.4, 0.5) is 0 Å². The molecule has 2 aromatic carbocycles. The molecule has 120 valence electrons. The summed E-state index contributed by atoms with van der Waals surface area (Å²) in [6, 6.07) is 14.3. The van der Waals surface area contributed by atoms with Gasteiger partial charge in [0.1, 0.15) is 0 Å². The molecule has 3 rings (SSSR count). The van der Waals surface area contributed by atoms with Gasteiger partial charge in [-0.15, -0.1) is 0 Å². The van der Waals surface area contributed by atoms with Crippen molar-refractivity contribution in [3.05, 3.63) is 48.0 Å². The van der Waals surface area contributed by atoms with E-state index in [9.17, 15) is 4.79 Å². The molecule has 0 radical (unpaired) electrons. The van der Waals surface area contributed by atoms with Gasteiger partial charge in [0, 0.05) is 5.56 Å². The number of carbonyl (C=O) groups is 1. The second-order valence-electron chi connectivity index (χ2n) is 6.20. The molecule has 0 aromatic heterocycles. The number of amides is 1. The highest BCUT2D eigenvalue weighted by molar-refractivity contribution is 5.99. The molecule has 0 atom stereocenters. The van der Waals surface area contributed by atoms with Gasteiger partial charge in [0.25, 0.3) is 5.91 Å². The number of nitrogens with one attached hydrogen (secondary N) is 2. The van der Waals surface area contributed by atoms with Gasteiger partial charge in [-0.1, -0.05) is 42.5 Å². The van der Waals surface area contributed by atoms with Gasteiger partial charge in [-0.25, -0.2) is 5.43 Å². The summed E-state index contributed by atoms with van der Waals surface area (Å²) in [7, 11) is 0. The molecule has 0 aliphatic carbocycles. The van der Waals surface area contributed by atoms with E-state index >= 15 is 0 Å². The van der Waals surface area contributed by atoms with Gasteiger partial charge in [-0.2, -0.15) is 5.10 Å². The molecular formula is C19H24N3O+. The van der Waals surface area contributed by atoms with Crippen LogP contribution in [-0.2, 0) is 4.79 Å². The Morgan fingerprint density at radius 2 is 1.78 bits per heavy atom. The third kappa shape index (κ3) is 4.39. The van der Waals surface area contributed by atoms with Crippen molar-refractivity contribution in [1.29, 1.82) is 0 Å². The Morgan fingerprint density at radius 3 is 2.61 bits per heavy atom. The van der Waals surface area contributed by atoms with Crippen LogP contribution in [0.2, 0.25) is 0 Å². The largest absolute Gasteiger partial charge is 0.327 e. The van der Waals surface area contributed by atoms with Gasteiger partial charge in [0.2, 0.25) is 0 Å². The average Bonchev–Trinajstić information content (AvgIpc) is 2.84. The standard InChI is InChI=1S/C19H23N3O/c23-19(15-22-12-5-1-2-6-13-22)21-20-14-17-10-7-9-16-8-3-4-11-18(16)17/h3-4,7-11,14H,1-2,5-6,12-13,15H2,(H,21,23)/p+1/b20-14-. The van der Waals surface area contributed by atoms with Crippen molar-refractivity contribution in [2.45, 2.75) is 25.7 Å². The van der Waals surface area contributed by atoms with E-state index in [1.54, 1.807) is 6.21 Å². The summed E-state index contributed by atoms with van der Waals surface area (Å²) in [6.07, 6.45) is 6.77. The first-order chi connectivity index (χ1) is 11.3. The van der Waals surface area contributed by atoms with Crippen LogP contribution in [0.5, 0.6) is 0 Å². The Morgan fingerprint density at radius 1 is 1.04 bits per heavy atom. The van der Waals surface area contributed by atoms with Crippen LogP contribution >= 0.6 is 0 Å². The van der Waals surface area contributed by atoms with Gasteiger partial charge in [0.05, 0.1) is 19.3 Å². The summed E-state index contributed by atoms with van der Waals surface area (Å²) in [4.78, 5) is 13.4. The van der Waals surface area contributed by atoms with Gasteiger partial charge < -0.3 is 4.90 Å². The van der Waals surface area contributed by atoms with Gasteiger partial charge in [-0.05, 0) is 36.5 Å². The van der Waals surface area contributed by atoms with Gasteiger partial charge >= 0.3 is 0 Å². The zero-order valence-electron chi connectivity index (χ0n) is 13.4. The number of likely N-dealkylation sites (tertiary alicyclic amines) is 1. The van der Waals surface area contributed by atoms with Crippen LogP contribution in [0.15, 0.2) is 47.6 Å². The van der Waals surface area contributed by atoms with E-state index in [1.165, 1.54) is 36.0 Å². The maximum absolute atomic E-state index is 12.0. The number of nitrogens with zero attached hydrogens (tertiary/aromatic N) is 1. The lowest BCUT2D eigenvalue weighted by Crippen LogP contribution is -3.13. The van der Waals surface area contributed by atoms with E-state index < -0.39 is 0 Å². The molecule has 1 amide bonds. The number of hydrogen-bond donors (Lipinski definition) is 2. The molecule has 23 heavy (non-hydrogen) atoms. The minimum absolute atomic E-state index is 0.00149. The first kappa shape index (κ1) is 15.7. The number of quaternary nitrogens is 1. The lowest BCUT2D eigenvalue weighted by molar-refractivity contribution is -0.891. The molecule has 4 heteroatoms. The molecular weight excluding hydrogens is 286 g/mol. The third-order valence-electron chi connectivity index (χ3n) is 4.44. The van der Waals surface area contributed by atoms with E-state index in [0.29, 0.717) is 6.54 Å². The van der Waals surface area contributed by atoms with Crippen molar-refractivity contribution >= 4 is 22.9 Å². The predicted octanol–water partition coefficient (Wildman–Crippen LogP) is 1.75. The predicted molar refractivity (Wildman–Crippen MR) is 93.7 cm³/mol. The molecule has 0 saturated carbocycles.